The molecule has 7 heteroatoms. The second-order valence-corrected chi connectivity index (χ2v) is 8.05. The smallest absolute Gasteiger partial charge is 0.227 e. The van der Waals surface area contributed by atoms with Crippen LogP contribution in [-0.2, 0) is 22.0 Å². The van der Waals surface area contributed by atoms with Crippen molar-refractivity contribution in [3.05, 3.63) is 71.9 Å². The fourth-order valence-electron chi connectivity index (χ4n) is 2.64. The van der Waals surface area contributed by atoms with Gasteiger partial charge in [0.05, 0.1) is 12.0 Å². The molecule has 1 unspecified atom stereocenters. The second-order valence-electron chi connectivity index (χ2n) is 6.06. The minimum absolute atomic E-state index is 0.129. The van der Waals surface area contributed by atoms with Gasteiger partial charge in [-0.3, -0.25) is 0 Å². The predicted molar refractivity (Wildman–Crippen MR) is 96.7 cm³/mol. The lowest BCUT2D eigenvalue weighted by Gasteiger charge is -2.10. The SMILES string of the molecule is COc1cccc(C(C)Cc2nc(CS(=O)(=O)c3ccccc3)no2)c1. The third-order valence-corrected chi connectivity index (χ3v) is 5.70. The van der Waals surface area contributed by atoms with Gasteiger partial charge in [0.25, 0.3) is 0 Å². The van der Waals surface area contributed by atoms with Gasteiger partial charge in [-0.05, 0) is 35.7 Å². The van der Waals surface area contributed by atoms with Crippen molar-refractivity contribution in [3.8, 4) is 5.75 Å². The molecule has 3 aromatic rings. The molecule has 0 amide bonds. The molecule has 0 aliphatic heterocycles. The molecule has 26 heavy (non-hydrogen) atoms. The highest BCUT2D eigenvalue weighted by molar-refractivity contribution is 7.90. The molecule has 2 aromatic carbocycles. The maximum atomic E-state index is 12.4. The average molecular weight is 372 g/mol. The Balaban J connectivity index is 1.70. The quantitative estimate of drug-likeness (QED) is 0.632. The highest BCUT2D eigenvalue weighted by Crippen LogP contribution is 2.24. The van der Waals surface area contributed by atoms with E-state index in [1.54, 1.807) is 37.4 Å². The number of methoxy groups -OCH3 is 1. The van der Waals surface area contributed by atoms with Crippen LogP contribution in [0.4, 0.5) is 0 Å². The number of sulfone groups is 1. The Morgan fingerprint density at radius 3 is 2.62 bits per heavy atom. The predicted octanol–water partition coefficient (Wildman–Crippen LogP) is 3.40. The summed E-state index contributed by atoms with van der Waals surface area (Å²) < 4.78 is 35.3. The number of aromatic nitrogens is 2. The Hall–Kier alpha value is -2.67. The van der Waals surface area contributed by atoms with Gasteiger partial charge < -0.3 is 9.26 Å². The molecule has 0 radical (unpaired) electrons. The Bertz CT molecular complexity index is 968. The van der Waals surface area contributed by atoms with Crippen LogP contribution in [0.15, 0.2) is 64.0 Å². The lowest BCUT2D eigenvalue weighted by atomic mass is 9.98. The first-order chi connectivity index (χ1) is 12.5. The summed E-state index contributed by atoms with van der Waals surface area (Å²) in [5, 5.41) is 3.82. The summed E-state index contributed by atoms with van der Waals surface area (Å²) in [5.74, 6) is 1.22. The Kier molecular flexibility index (Phi) is 5.37. The standard InChI is InChI=1S/C19H20N2O4S/c1-14(15-7-6-8-16(12-15)24-2)11-19-20-18(21-25-19)13-26(22,23)17-9-4-3-5-10-17/h3-10,12,14H,11,13H2,1-2H3. The van der Waals surface area contributed by atoms with Crippen molar-refractivity contribution in [3.63, 3.8) is 0 Å². The van der Waals surface area contributed by atoms with E-state index in [1.807, 2.05) is 31.2 Å². The van der Waals surface area contributed by atoms with Gasteiger partial charge in [0.15, 0.2) is 15.7 Å². The van der Waals surface area contributed by atoms with Crippen LogP contribution in [-0.4, -0.2) is 25.7 Å². The van der Waals surface area contributed by atoms with Gasteiger partial charge in [-0.2, -0.15) is 4.98 Å². The van der Waals surface area contributed by atoms with Crippen molar-refractivity contribution in [2.45, 2.75) is 29.9 Å². The van der Waals surface area contributed by atoms with Crippen LogP contribution in [0.3, 0.4) is 0 Å². The van der Waals surface area contributed by atoms with E-state index in [0.29, 0.717) is 12.3 Å². The van der Waals surface area contributed by atoms with Gasteiger partial charge in [0.1, 0.15) is 11.5 Å². The normalized spacial score (nSPS) is 12.7. The molecule has 0 spiro atoms. The first kappa shape index (κ1) is 18.1. The molecular weight excluding hydrogens is 352 g/mol. The molecule has 1 atom stereocenters. The van der Waals surface area contributed by atoms with Crippen molar-refractivity contribution >= 4 is 9.84 Å². The lowest BCUT2D eigenvalue weighted by molar-refractivity contribution is 0.367. The number of benzene rings is 2. The first-order valence-electron chi connectivity index (χ1n) is 8.21. The molecular formula is C19H20N2O4S. The van der Waals surface area contributed by atoms with Crippen LogP contribution in [0.1, 0.15) is 30.1 Å². The van der Waals surface area contributed by atoms with Crippen molar-refractivity contribution in [1.82, 2.24) is 10.1 Å². The summed E-state index contributed by atoms with van der Waals surface area (Å²) in [5.41, 5.74) is 1.08. The molecule has 0 aliphatic rings. The van der Waals surface area contributed by atoms with Crippen molar-refractivity contribution < 1.29 is 17.7 Å². The first-order valence-corrected chi connectivity index (χ1v) is 9.86. The largest absolute Gasteiger partial charge is 0.497 e. The molecule has 3 rings (SSSR count). The molecule has 1 aromatic heterocycles. The fourth-order valence-corrected chi connectivity index (χ4v) is 3.84. The summed E-state index contributed by atoms with van der Waals surface area (Å²) in [6.45, 7) is 2.04. The summed E-state index contributed by atoms with van der Waals surface area (Å²) in [4.78, 5) is 4.49. The minimum atomic E-state index is -3.49. The summed E-state index contributed by atoms with van der Waals surface area (Å²) in [6.07, 6.45) is 0.519. The van der Waals surface area contributed by atoms with Gasteiger partial charge in [0.2, 0.25) is 5.89 Å². The summed E-state index contributed by atoms with van der Waals surface area (Å²) in [6, 6.07) is 16.0. The summed E-state index contributed by atoms with van der Waals surface area (Å²) >= 11 is 0. The zero-order chi connectivity index (χ0) is 18.6. The van der Waals surface area contributed by atoms with Crippen LogP contribution in [0, 0.1) is 0 Å². The topological polar surface area (TPSA) is 82.3 Å². The van der Waals surface area contributed by atoms with E-state index in [0.717, 1.165) is 11.3 Å². The van der Waals surface area contributed by atoms with Crippen LogP contribution >= 0.6 is 0 Å². The molecule has 0 saturated heterocycles. The molecule has 0 fully saturated rings. The van der Waals surface area contributed by atoms with Crippen molar-refractivity contribution in [1.29, 1.82) is 0 Å². The van der Waals surface area contributed by atoms with E-state index in [9.17, 15) is 8.42 Å². The minimum Gasteiger partial charge on any atom is -0.497 e. The van der Waals surface area contributed by atoms with Crippen LogP contribution in [0.2, 0.25) is 0 Å². The van der Waals surface area contributed by atoms with E-state index in [2.05, 4.69) is 10.1 Å². The average Bonchev–Trinajstić information content (AvgIpc) is 3.08. The molecule has 0 N–H and O–H groups in total. The Morgan fingerprint density at radius 1 is 1.12 bits per heavy atom. The van der Waals surface area contributed by atoms with E-state index in [4.69, 9.17) is 9.26 Å². The Morgan fingerprint density at radius 2 is 1.88 bits per heavy atom. The molecule has 0 bridgehead atoms. The third-order valence-electron chi connectivity index (χ3n) is 4.08. The van der Waals surface area contributed by atoms with Crippen molar-refractivity contribution in [2.75, 3.05) is 7.11 Å². The maximum absolute atomic E-state index is 12.4. The van der Waals surface area contributed by atoms with Crippen LogP contribution < -0.4 is 4.74 Å². The third kappa shape index (κ3) is 4.29. The molecule has 6 nitrogen and oxygen atoms in total. The van der Waals surface area contributed by atoms with Crippen molar-refractivity contribution in [2.24, 2.45) is 0 Å². The number of hydrogen-bond donors (Lipinski definition) is 0. The number of rotatable bonds is 7. The molecule has 136 valence electrons. The van der Waals surface area contributed by atoms with Crippen LogP contribution in [0.25, 0.3) is 0 Å². The fraction of sp³-hybridized carbons (Fsp3) is 0.263. The van der Waals surface area contributed by atoms with E-state index in [1.165, 1.54) is 0 Å². The molecule has 1 heterocycles. The van der Waals surface area contributed by atoms with Gasteiger partial charge in [-0.1, -0.05) is 42.4 Å². The van der Waals surface area contributed by atoms with E-state index >= 15 is 0 Å². The zero-order valence-electron chi connectivity index (χ0n) is 14.6. The van der Waals surface area contributed by atoms with Gasteiger partial charge >= 0.3 is 0 Å². The second kappa shape index (κ2) is 7.70. The number of ether oxygens (including phenoxy) is 1. The maximum Gasteiger partial charge on any atom is 0.227 e. The lowest BCUT2D eigenvalue weighted by Crippen LogP contribution is -2.06. The Labute approximate surface area is 152 Å². The number of hydrogen-bond acceptors (Lipinski definition) is 6. The monoisotopic (exact) mass is 372 g/mol. The highest BCUT2D eigenvalue weighted by atomic mass is 32.2. The van der Waals surface area contributed by atoms with Gasteiger partial charge in [-0.25, -0.2) is 8.42 Å². The van der Waals surface area contributed by atoms with E-state index < -0.39 is 9.84 Å². The highest BCUT2D eigenvalue weighted by Gasteiger charge is 2.20. The van der Waals surface area contributed by atoms with Crippen LogP contribution in [0.5, 0.6) is 5.75 Å². The molecule has 0 aliphatic carbocycles. The number of nitrogens with zero attached hydrogens (tertiary/aromatic N) is 2. The van der Waals surface area contributed by atoms with Gasteiger partial charge in [-0.15, -0.1) is 0 Å². The van der Waals surface area contributed by atoms with Gasteiger partial charge in [0, 0.05) is 6.42 Å². The summed E-state index contributed by atoms with van der Waals surface area (Å²) in [7, 11) is -1.86. The van der Waals surface area contributed by atoms with E-state index in [-0.39, 0.29) is 22.4 Å². The zero-order valence-corrected chi connectivity index (χ0v) is 15.4. The molecule has 0 saturated carbocycles.